The van der Waals surface area contributed by atoms with E-state index in [1.165, 1.54) is 40.6 Å². The molecule has 1 amide bonds. The number of nitrogens with one attached hydrogen (secondary N) is 1. The highest BCUT2D eigenvalue weighted by atomic mass is 35.5. The number of benzene rings is 3. The van der Waals surface area contributed by atoms with Gasteiger partial charge in [0.15, 0.2) is 11.5 Å². The molecule has 0 fully saturated rings. The van der Waals surface area contributed by atoms with Crippen LogP contribution in [-0.4, -0.2) is 57.8 Å². The van der Waals surface area contributed by atoms with Crippen LogP contribution in [0.25, 0.3) is 27.6 Å². The van der Waals surface area contributed by atoms with Crippen molar-refractivity contribution in [3.05, 3.63) is 116 Å². The average Bonchev–Trinajstić information content (AvgIpc) is 3.43. The van der Waals surface area contributed by atoms with Gasteiger partial charge in [0.1, 0.15) is 34.0 Å². The number of alkyl carbamates (subject to hydrolysis) is 1. The number of aryl methyl sites for hydroxylation is 1. The summed E-state index contributed by atoms with van der Waals surface area (Å²) in [5.74, 6) is -1.31. The Morgan fingerprint density at radius 1 is 0.982 bits per heavy atom. The predicted molar refractivity (Wildman–Crippen MR) is 206 cm³/mol. The number of aromatic nitrogens is 5. The zero-order valence-corrected chi connectivity index (χ0v) is 32.7. The molecule has 13 nitrogen and oxygen atoms in total. The van der Waals surface area contributed by atoms with E-state index in [1.54, 1.807) is 52.1 Å². The van der Waals surface area contributed by atoms with E-state index in [0.717, 1.165) is 22.7 Å². The third-order valence-corrected chi connectivity index (χ3v) is 9.98. The van der Waals surface area contributed by atoms with Gasteiger partial charge in [-0.3, -0.25) is 14.0 Å². The van der Waals surface area contributed by atoms with Crippen molar-refractivity contribution in [2.75, 3.05) is 17.7 Å². The number of halogens is 4. The number of pyridine rings is 1. The highest BCUT2D eigenvalue weighted by Gasteiger charge is 2.31. The monoisotopic (exact) mass is 813 g/mol. The number of hydrogen-bond donors (Lipinski definition) is 1. The number of carbonyl (C=O) groups excluding carboxylic acids is 1. The number of fused-ring (bicyclic) bond motifs is 2. The van der Waals surface area contributed by atoms with Crippen LogP contribution >= 0.6 is 23.2 Å². The predicted octanol–water partition coefficient (Wildman–Crippen LogP) is 7.04. The lowest BCUT2D eigenvalue weighted by atomic mass is 10.0. The van der Waals surface area contributed by atoms with Gasteiger partial charge in [-0.25, -0.2) is 36.3 Å². The summed E-state index contributed by atoms with van der Waals surface area (Å²) >= 11 is 13.1. The Morgan fingerprint density at radius 3 is 2.27 bits per heavy atom. The van der Waals surface area contributed by atoms with Crippen LogP contribution in [0.4, 0.5) is 19.4 Å². The summed E-state index contributed by atoms with van der Waals surface area (Å²) in [5.41, 5.74) is -0.625. The summed E-state index contributed by atoms with van der Waals surface area (Å²) in [6.45, 7) is 4.83. The molecular formula is C37H35Cl2F2N7O6S. The summed E-state index contributed by atoms with van der Waals surface area (Å²) in [5, 5.41) is 7.66. The maximum Gasteiger partial charge on any atom is 0.408 e. The van der Waals surface area contributed by atoms with Crippen LogP contribution < -0.4 is 19.9 Å². The van der Waals surface area contributed by atoms with E-state index < -0.39 is 45.0 Å². The lowest BCUT2D eigenvalue weighted by Crippen LogP contribution is -2.39. The summed E-state index contributed by atoms with van der Waals surface area (Å²) in [4.78, 5) is 37.0. The molecule has 1 atom stereocenters. The van der Waals surface area contributed by atoms with Gasteiger partial charge >= 0.3 is 6.09 Å². The van der Waals surface area contributed by atoms with E-state index in [1.807, 2.05) is 0 Å². The second-order valence-corrected chi connectivity index (χ2v) is 16.4. The maximum absolute atomic E-state index is 14.7. The normalized spacial score (nSPS) is 12.5. The Labute approximate surface area is 324 Å². The molecule has 288 valence electrons. The largest absolute Gasteiger partial charge is 0.497 e. The molecule has 0 aliphatic carbocycles. The molecule has 0 saturated heterocycles. The van der Waals surface area contributed by atoms with Crippen LogP contribution in [0.1, 0.15) is 43.8 Å². The van der Waals surface area contributed by atoms with Crippen molar-refractivity contribution < 1.29 is 31.5 Å². The highest BCUT2D eigenvalue weighted by molar-refractivity contribution is 7.92. The van der Waals surface area contributed by atoms with Gasteiger partial charge in [-0.2, -0.15) is 5.10 Å². The zero-order valence-electron chi connectivity index (χ0n) is 30.4. The first kappa shape index (κ1) is 39.4. The van der Waals surface area contributed by atoms with Gasteiger partial charge in [0.25, 0.3) is 5.56 Å². The second kappa shape index (κ2) is 15.1. The number of methoxy groups -OCH3 is 1. The third kappa shape index (κ3) is 8.50. The smallest absolute Gasteiger partial charge is 0.408 e. The topological polar surface area (TPSA) is 151 Å². The van der Waals surface area contributed by atoms with E-state index in [-0.39, 0.29) is 68.0 Å². The van der Waals surface area contributed by atoms with Crippen molar-refractivity contribution in [1.82, 2.24) is 29.6 Å². The van der Waals surface area contributed by atoms with Crippen LogP contribution in [0.15, 0.2) is 71.5 Å². The fourth-order valence-electron chi connectivity index (χ4n) is 6.09. The van der Waals surface area contributed by atoms with E-state index in [4.69, 9.17) is 37.7 Å². The first-order chi connectivity index (χ1) is 25.8. The van der Waals surface area contributed by atoms with Gasteiger partial charge in [-0.1, -0.05) is 35.3 Å². The lowest BCUT2D eigenvalue weighted by Gasteiger charge is -2.26. The van der Waals surface area contributed by atoms with Gasteiger partial charge in [0.2, 0.25) is 10.0 Å². The number of rotatable bonds is 10. The molecule has 0 bridgehead atoms. The first-order valence-electron chi connectivity index (χ1n) is 16.6. The zero-order chi connectivity index (χ0) is 40.0. The number of nitrogens with zero attached hydrogens (tertiary/aromatic N) is 6. The van der Waals surface area contributed by atoms with Gasteiger partial charge in [-0.15, -0.1) is 0 Å². The summed E-state index contributed by atoms with van der Waals surface area (Å²) in [6, 6.07) is 14.2. The molecule has 0 saturated carbocycles. The summed E-state index contributed by atoms with van der Waals surface area (Å²) in [7, 11) is -0.930. The van der Waals surface area contributed by atoms with E-state index in [0.29, 0.717) is 17.4 Å². The van der Waals surface area contributed by atoms with Crippen LogP contribution in [0.5, 0.6) is 5.75 Å². The van der Waals surface area contributed by atoms with Gasteiger partial charge in [0.05, 0.1) is 53.0 Å². The van der Waals surface area contributed by atoms with Crippen LogP contribution in [0, 0.1) is 11.6 Å². The first-order valence-corrected chi connectivity index (χ1v) is 19.2. The van der Waals surface area contributed by atoms with Crippen molar-refractivity contribution in [2.45, 2.75) is 45.4 Å². The molecule has 6 aromatic rings. The molecule has 0 radical (unpaired) electrons. The van der Waals surface area contributed by atoms with Crippen molar-refractivity contribution >= 4 is 67.1 Å². The SMILES string of the molecule is COc1ccc(CN(c2nn(C)c3c(-n4c(C(Cc5cc(F)cc(F)c5)NC(=O)OC(C)(C)C)nc5nc(Cl)ccc5c4=O)ccc(Cl)c23)S(C)(=O)=O)cc1. The average molecular weight is 815 g/mol. The van der Waals surface area contributed by atoms with Crippen LogP contribution in [-0.2, 0) is 34.8 Å². The number of sulfonamides is 1. The Hall–Kier alpha value is -5.32. The lowest BCUT2D eigenvalue weighted by molar-refractivity contribution is 0.0500. The maximum atomic E-state index is 14.7. The van der Waals surface area contributed by atoms with Crippen LogP contribution in [0.3, 0.4) is 0 Å². The van der Waals surface area contributed by atoms with E-state index in [2.05, 4.69) is 15.4 Å². The standard InChI is InChI=1S/C37H35Cl2F2N7O6S/c1-37(2,3)54-36(50)42-27(17-21-15-22(40)18-23(41)16-21)33-44-32-25(11-14-29(39)43-32)35(49)48(33)28-13-12-26(38)30-31(28)46(4)45-34(30)47(55(6,51)52)19-20-7-9-24(53-5)10-8-20/h7-16,18,27H,17,19H2,1-6H3,(H,42,50). The highest BCUT2D eigenvalue weighted by Crippen LogP contribution is 2.38. The van der Waals surface area contributed by atoms with Crippen molar-refractivity contribution in [3.8, 4) is 11.4 Å². The number of amides is 1. The molecule has 55 heavy (non-hydrogen) atoms. The van der Waals surface area contributed by atoms with E-state index in [9.17, 15) is 26.8 Å². The molecule has 6 rings (SSSR count). The van der Waals surface area contributed by atoms with E-state index >= 15 is 0 Å². The molecule has 18 heteroatoms. The van der Waals surface area contributed by atoms with Crippen molar-refractivity contribution in [1.29, 1.82) is 0 Å². The summed E-state index contributed by atoms with van der Waals surface area (Å²) < 4.78 is 70.2. The Morgan fingerprint density at radius 2 is 1.65 bits per heavy atom. The molecular weight excluding hydrogens is 779 g/mol. The molecule has 1 unspecified atom stereocenters. The van der Waals surface area contributed by atoms with Gasteiger partial charge < -0.3 is 14.8 Å². The fraction of sp³-hybridized carbons (Fsp3) is 0.270. The minimum Gasteiger partial charge on any atom is -0.497 e. The molecule has 0 spiro atoms. The van der Waals surface area contributed by atoms with Crippen molar-refractivity contribution in [3.63, 3.8) is 0 Å². The molecule has 3 aromatic heterocycles. The van der Waals surface area contributed by atoms with Crippen LogP contribution in [0.2, 0.25) is 10.2 Å². The Kier molecular flexibility index (Phi) is 10.8. The Balaban J connectivity index is 1.63. The summed E-state index contributed by atoms with van der Waals surface area (Å²) in [6.07, 6.45) is -0.158. The number of anilines is 1. The van der Waals surface area contributed by atoms with Crippen molar-refractivity contribution in [2.24, 2.45) is 7.05 Å². The fourth-order valence-corrected chi connectivity index (χ4v) is 7.29. The van der Waals surface area contributed by atoms with Gasteiger partial charge in [-0.05, 0) is 80.4 Å². The number of hydrogen-bond acceptors (Lipinski definition) is 9. The molecule has 3 heterocycles. The minimum atomic E-state index is -3.99. The third-order valence-electron chi connectivity index (χ3n) is 8.35. The molecule has 3 aromatic carbocycles. The number of carbonyl (C=O) groups is 1. The quantitative estimate of drug-likeness (QED) is 0.144. The second-order valence-electron chi connectivity index (χ2n) is 13.7. The molecule has 0 aliphatic rings. The molecule has 0 aliphatic heterocycles. The van der Waals surface area contributed by atoms with Gasteiger partial charge in [0, 0.05) is 19.5 Å². The minimum absolute atomic E-state index is 0.0230. The Bertz CT molecular complexity index is 2610. The molecule has 1 N–H and O–H groups in total. The number of ether oxygens (including phenoxy) is 2.